The maximum atomic E-state index is 12.0. The van der Waals surface area contributed by atoms with Crippen molar-refractivity contribution < 1.29 is 14.0 Å². The zero-order chi connectivity index (χ0) is 17.5. The number of furan rings is 1. The summed E-state index contributed by atoms with van der Waals surface area (Å²) in [5.41, 5.74) is 1.66. The van der Waals surface area contributed by atoms with E-state index in [4.69, 9.17) is 4.42 Å². The molecule has 1 saturated heterocycles. The van der Waals surface area contributed by atoms with Gasteiger partial charge in [-0.25, -0.2) is 0 Å². The molecule has 0 spiro atoms. The molecule has 1 aromatic heterocycles. The molecule has 1 fully saturated rings. The van der Waals surface area contributed by atoms with E-state index in [1.165, 1.54) is 6.26 Å². The van der Waals surface area contributed by atoms with Crippen LogP contribution >= 0.6 is 24.2 Å². The lowest BCUT2D eigenvalue weighted by atomic mass is 10.2. The average molecular weight is 396 g/mol. The van der Waals surface area contributed by atoms with Gasteiger partial charge in [-0.3, -0.25) is 9.59 Å². The van der Waals surface area contributed by atoms with Crippen LogP contribution in [0.5, 0.6) is 0 Å². The van der Waals surface area contributed by atoms with E-state index >= 15 is 0 Å². The third-order valence-corrected chi connectivity index (χ3v) is 5.01. The monoisotopic (exact) mass is 395 g/mol. The summed E-state index contributed by atoms with van der Waals surface area (Å²) in [6, 6.07) is 10.9. The number of halogens is 1. The van der Waals surface area contributed by atoms with Gasteiger partial charge in [0.05, 0.1) is 6.26 Å². The van der Waals surface area contributed by atoms with Gasteiger partial charge < -0.3 is 20.4 Å². The number of hydrogen-bond donors (Lipinski definition) is 3. The minimum atomic E-state index is -0.288. The number of amides is 2. The summed E-state index contributed by atoms with van der Waals surface area (Å²) in [7, 11) is 0. The number of hydrogen-bond acceptors (Lipinski definition) is 5. The normalized spacial score (nSPS) is 16.4. The average Bonchev–Trinajstić information content (AvgIpc) is 3.17. The van der Waals surface area contributed by atoms with Crippen molar-refractivity contribution in [1.82, 2.24) is 10.6 Å². The molecule has 3 rings (SSSR count). The largest absolute Gasteiger partial charge is 0.459 e. The highest BCUT2D eigenvalue weighted by atomic mass is 35.5. The Hall–Kier alpha value is -1.96. The summed E-state index contributed by atoms with van der Waals surface area (Å²) in [4.78, 5) is 23.9. The molecule has 140 valence electrons. The van der Waals surface area contributed by atoms with Gasteiger partial charge >= 0.3 is 0 Å². The van der Waals surface area contributed by atoms with Crippen LogP contribution in [0.25, 0.3) is 0 Å². The molecule has 2 aromatic rings. The lowest BCUT2D eigenvalue weighted by Gasteiger charge is -2.22. The highest BCUT2D eigenvalue weighted by Crippen LogP contribution is 2.13. The summed E-state index contributed by atoms with van der Waals surface area (Å²) in [6.07, 6.45) is 1.96. The number of rotatable bonds is 6. The Labute approximate surface area is 162 Å². The van der Waals surface area contributed by atoms with Crippen molar-refractivity contribution >= 4 is 41.7 Å². The highest BCUT2D eigenvalue weighted by Gasteiger charge is 2.16. The second-order valence-corrected chi connectivity index (χ2v) is 6.98. The third kappa shape index (κ3) is 6.09. The number of carbonyl (C=O) groups excluding carboxylic acids is 2. The van der Waals surface area contributed by atoms with Crippen molar-refractivity contribution in [3.05, 3.63) is 54.0 Å². The van der Waals surface area contributed by atoms with Crippen molar-refractivity contribution in [1.29, 1.82) is 0 Å². The Morgan fingerprint density at radius 1 is 1.23 bits per heavy atom. The Bertz CT molecular complexity index is 701. The molecule has 1 atom stereocenters. The first-order chi connectivity index (χ1) is 12.2. The van der Waals surface area contributed by atoms with Gasteiger partial charge in [-0.2, -0.15) is 11.8 Å². The number of benzene rings is 1. The SMILES string of the molecule is Cl.O=C(CC1CSCCN1)NCc1ccc(NC(=O)c2ccco2)cc1. The van der Waals surface area contributed by atoms with Crippen LogP contribution in [-0.4, -0.2) is 35.9 Å². The highest BCUT2D eigenvalue weighted by molar-refractivity contribution is 7.99. The first kappa shape index (κ1) is 20.4. The van der Waals surface area contributed by atoms with Crippen LogP contribution in [0.3, 0.4) is 0 Å². The summed E-state index contributed by atoms with van der Waals surface area (Å²) in [6.45, 7) is 1.44. The Morgan fingerprint density at radius 3 is 2.69 bits per heavy atom. The van der Waals surface area contributed by atoms with Crippen molar-refractivity contribution in [3.8, 4) is 0 Å². The molecule has 0 bridgehead atoms. The van der Waals surface area contributed by atoms with Crippen molar-refractivity contribution in [2.75, 3.05) is 23.4 Å². The second-order valence-electron chi connectivity index (χ2n) is 5.84. The van der Waals surface area contributed by atoms with Crippen molar-refractivity contribution in [2.45, 2.75) is 19.0 Å². The van der Waals surface area contributed by atoms with Gasteiger partial charge in [-0.05, 0) is 29.8 Å². The van der Waals surface area contributed by atoms with E-state index < -0.39 is 0 Å². The summed E-state index contributed by atoms with van der Waals surface area (Å²) in [5, 5.41) is 9.05. The molecular formula is C18H22ClN3O3S. The fourth-order valence-corrected chi connectivity index (χ4v) is 3.50. The molecule has 8 heteroatoms. The lowest BCUT2D eigenvalue weighted by molar-refractivity contribution is -0.121. The minimum Gasteiger partial charge on any atom is -0.459 e. The first-order valence-corrected chi connectivity index (χ1v) is 9.38. The zero-order valence-electron chi connectivity index (χ0n) is 14.2. The third-order valence-electron chi connectivity index (χ3n) is 3.88. The minimum absolute atomic E-state index is 0. The maximum Gasteiger partial charge on any atom is 0.291 e. The summed E-state index contributed by atoms with van der Waals surface area (Å²) < 4.78 is 5.05. The fourth-order valence-electron chi connectivity index (χ4n) is 2.55. The molecule has 0 aliphatic carbocycles. The molecular weight excluding hydrogens is 374 g/mol. The second kappa shape index (κ2) is 10.3. The van der Waals surface area contributed by atoms with Crippen LogP contribution in [0, 0.1) is 0 Å². The molecule has 2 amide bonds. The van der Waals surface area contributed by atoms with Crippen LogP contribution in [0.4, 0.5) is 5.69 Å². The molecule has 1 aromatic carbocycles. The molecule has 6 nitrogen and oxygen atoms in total. The van der Waals surface area contributed by atoms with Crippen molar-refractivity contribution in [3.63, 3.8) is 0 Å². The van der Waals surface area contributed by atoms with E-state index in [0.717, 1.165) is 23.6 Å². The van der Waals surface area contributed by atoms with Gasteiger partial charge in [0.25, 0.3) is 5.91 Å². The van der Waals surface area contributed by atoms with Gasteiger partial charge in [0.15, 0.2) is 5.76 Å². The number of thioether (sulfide) groups is 1. The molecule has 1 aliphatic rings. The number of carbonyl (C=O) groups is 2. The topological polar surface area (TPSA) is 83.4 Å². The molecule has 0 saturated carbocycles. The smallest absolute Gasteiger partial charge is 0.291 e. The van der Waals surface area contributed by atoms with Gasteiger partial charge in [0, 0.05) is 42.7 Å². The van der Waals surface area contributed by atoms with E-state index in [2.05, 4.69) is 16.0 Å². The first-order valence-electron chi connectivity index (χ1n) is 8.22. The van der Waals surface area contributed by atoms with Crippen LogP contribution in [-0.2, 0) is 11.3 Å². The van der Waals surface area contributed by atoms with Crippen LogP contribution in [0.2, 0.25) is 0 Å². The van der Waals surface area contributed by atoms with Gasteiger partial charge in [0.1, 0.15) is 0 Å². The molecule has 1 aliphatic heterocycles. The van der Waals surface area contributed by atoms with Crippen molar-refractivity contribution in [2.24, 2.45) is 0 Å². The van der Waals surface area contributed by atoms with E-state index in [1.807, 2.05) is 36.0 Å². The van der Waals surface area contributed by atoms with E-state index in [9.17, 15) is 9.59 Å². The van der Waals surface area contributed by atoms with E-state index in [0.29, 0.717) is 18.7 Å². The van der Waals surface area contributed by atoms with Crippen LogP contribution in [0.1, 0.15) is 22.5 Å². The van der Waals surface area contributed by atoms with Crippen LogP contribution in [0.15, 0.2) is 47.1 Å². The summed E-state index contributed by atoms with van der Waals surface area (Å²) in [5.74, 6) is 2.13. The predicted octanol–water partition coefficient (Wildman–Crippen LogP) is 2.67. The van der Waals surface area contributed by atoms with Gasteiger partial charge in [-0.15, -0.1) is 12.4 Å². The quantitative estimate of drug-likeness (QED) is 0.700. The molecule has 2 heterocycles. The fraction of sp³-hybridized carbons (Fsp3) is 0.333. The van der Waals surface area contributed by atoms with E-state index in [1.54, 1.807) is 12.1 Å². The Balaban J connectivity index is 0.00000243. The zero-order valence-corrected chi connectivity index (χ0v) is 15.8. The lowest BCUT2D eigenvalue weighted by Crippen LogP contribution is -2.41. The molecule has 3 N–H and O–H groups in total. The standard InChI is InChI=1S/C18H21N3O3S.ClH/c22-17(10-15-12-25-9-7-19-15)20-11-13-3-5-14(6-4-13)21-18(23)16-2-1-8-24-16;/h1-6,8,15,19H,7,9-12H2,(H,20,22)(H,21,23);1H. The van der Waals surface area contributed by atoms with Gasteiger partial charge in [-0.1, -0.05) is 12.1 Å². The maximum absolute atomic E-state index is 12.0. The number of nitrogens with one attached hydrogen (secondary N) is 3. The number of anilines is 1. The van der Waals surface area contributed by atoms with Crippen LogP contribution < -0.4 is 16.0 Å². The van der Waals surface area contributed by atoms with E-state index in [-0.39, 0.29) is 36.0 Å². The summed E-state index contributed by atoms with van der Waals surface area (Å²) >= 11 is 1.88. The Morgan fingerprint density at radius 2 is 2.04 bits per heavy atom. The Kier molecular flexibility index (Phi) is 8.03. The molecule has 0 radical (unpaired) electrons. The molecule has 1 unspecified atom stereocenters. The predicted molar refractivity (Wildman–Crippen MR) is 106 cm³/mol. The molecule has 26 heavy (non-hydrogen) atoms. The van der Waals surface area contributed by atoms with Gasteiger partial charge in [0.2, 0.25) is 5.91 Å².